The highest BCUT2D eigenvalue weighted by Gasteiger charge is 2.22. The summed E-state index contributed by atoms with van der Waals surface area (Å²) in [6, 6.07) is 8.68. The Bertz CT molecular complexity index is 381. The molecule has 0 spiro atoms. The summed E-state index contributed by atoms with van der Waals surface area (Å²) in [6.07, 6.45) is 1.41. The molecule has 1 fully saturated rings. The molecule has 0 aromatic heterocycles. The first-order valence-electron chi connectivity index (χ1n) is 5.68. The van der Waals surface area contributed by atoms with Crippen molar-refractivity contribution in [1.29, 1.82) is 0 Å². The fourth-order valence-corrected chi connectivity index (χ4v) is 2.79. The van der Waals surface area contributed by atoms with Crippen LogP contribution >= 0.6 is 15.9 Å². The summed E-state index contributed by atoms with van der Waals surface area (Å²) in [5, 5.41) is 0. The van der Waals surface area contributed by atoms with Crippen molar-refractivity contribution in [3.63, 3.8) is 0 Å². The standard InChI is InChI=1S/C13H16BrNO/c1-10(12-4-2-3-5-13(12)14)15-8-6-11(16)7-9-15/h2-5,10H,6-9H2,1H3/t10-/m1/s1. The third kappa shape index (κ3) is 2.53. The summed E-state index contributed by atoms with van der Waals surface area (Å²) in [4.78, 5) is 13.6. The molecule has 3 heteroatoms. The van der Waals surface area contributed by atoms with E-state index in [2.05, 4.69) is 46.0 Å². The Labute approximate surface area is 105 Å². The molecule has 2 nitrogen and oxygen atoms in total. The fraction of sp³-hybridized carbons (Fsp3) is 0.462. The van der Waals surface area contributed by atoms with Crippen molar-refractivity contribution in [1.82, 2.24) is 4.90 Å². The number of halogens is 1. The van der Waals surface area contributed by atoms with Crippen molar-refractivity contribution in [2.45, 2.75) is 25.8 Å². The van der Waals surface area contributed by atoms with E-state index in [1.807, 2.05) is 6.07 Å². The molecule has 86 valence electrons. The van der Waals surface area contributed by atoms with Gasteiger partial charge in [0.15, 0.2) is 0 Å². The van der Waals surface area contributed by atoms with Gasteiger partial charge in [-0.15, -0.1) is 0 Å². The number of ketones is 1. The molecule has 1 aromatic carbocycles. The smallest absolute Gasteiger partial charge is 0.135 e. The number of carbonyl (C=O) groups excluding carboxylic acids is 1. The van der Waals surface area contributed by atoms with E-state index in [4.69, 9.17) is 0 Å². The van der Waals surface area contributed by atoms with E-state index in [1.165, 1.54) is 5.56 Å². The predicted octanol–water partition coefficient (Wildman–Crippen LogP) is 3.18. The maximum Gasteiger partial charge on any atom is 0.135 e. The molecule has 16 heavy (non-hydrogen) atoms. The summed E-state index contributed by atoms with van der Waals surface area (Å²) in [5.74, 6) is 0.399. The first kappa shape index (κ1) is 11.8. The summed E-state index contributed by atoms with van der Waals surface area (Å²) in [7, 11) is 0. The first-order valence-corrected chi connectivity index (χ1v) is 6.48. The Kier molecular flexibility index (Phi) is 3.77. The minimum atomic E-state index is 0.378. The average molecular weight is 282 g/mol. The van der Waals surface area contributed by atoms with Crippen LogP contribution in [-0.4, -0.2) is 23.8 Å². The van der Waals surface area contributed by atoms with Crippen LogP contribution < -0.4 is 0 Å². The lowest BCUT2D eigenvalue weighted by Gasteiger charge is -2.32. The van der Waals surface area contributed by atoms with Gasteiger partial charge < -0.3 is 0 Å². The Morgan fingerprint density at radius 3 is 2.50 bits per heavy atom. The van der Waals surface area contributed by atoms with Gasteiger partial charge in [-0.05, 0) is 18.6 Å². The second kappa shape index (κ2) is 5.11. The number of hydrogen-bond donors (Lipinski definition) is 0. The van der Waals surface area contributed by atoms with Crippen LogP contribution in [0.25, 0.3) is 0 Å². The molecule has 1 aromatic rings. The van der Waals surface area contributed by atoms with E-state index < -0.39 is 0 Å². The zero-order chi connectivity index (χ0) is 11.5. The van der Waals surface area contributed by atoms with Crippen LogP contribution in [-0.2, 0) is 4.79 Å². The van der Waals surface area contributed by atoms with E-state index in [1.54, 1.807) is 0 Å². The van der Waals surface area contributed by atoms with Crippen LogP contribution in [0.15, 0.2) is 28.7 Å². The molecule has 0 amide bonds. The number of piperidine rings is 1. The highest BCUT2D eigenvalue weighted by Crippen LogP contribution is 2.28. The lowest BCUT2D eigenvalue weighted by molar-refractivity contribution is -0.121. The van der Waals surface area contributed by atoms with Gasteiger partial charge >= 0.3 is 0 Å². The Morgan fingerprint density at radius 2 is 1.88 bits per heavy atom. The molecule has 1 heterocycles. The number of benzene rings is 1. The van der Waals surface area contributed by atoms with Gasteiger partial charge in [-0.1, -0.05) is 34.1 Å². The molecule has 0 radical (unpaired) electrons. The number of likely N-dealkylation sites (tertiary alicyclic amines) is 1. The largest absolute Gasteiger partial charge is 0.300 e. The first-order chi connectivity index (χ1) is 7.68. The second-order valence-corrected chi connectivity index (χ2v) is 5.13. The van der Waals surface area contributed by atoms with Crippen LogP contribution in [0.3, 0.4) is 0 Å². The monoisotopic (exact) mass is 281 g/mol. The van der Waals surface area contributed by atoms with Gasteiger partial charge in [-0.25, -0.2) is 0 Å². The van der Waals surface area contributed by atoms with E-state index in [0.717, 1.165) is 17.6 Å². The highest BCUT2D eigenvalue weighted by molar-refractivity contribution is 9.10. The van der Waals surface area contributed by atoms with E-state index in [0.29, 0.717) is 24.7 Å². The quantitative estimate of drug-likeness (QED) is 0.830. The van der Waals surface area contributed by atoms with Gasteiger partial charge in [-0.3, -0.25) is 9.69 Å². The Hall–Kier alpha value is -0.670. The van der Waals surface area contributed by atoms with Gasteiger partial charge in [0.05, 0.1) is 0 Å². The summed E-state index contributed by atoms with van der Waals surface area (Å²) < 4.78 is 1.15. The zero-order valence-electron chi connectivity index (χ0n) is 9.45. The van der Waals surface area contributed by atoms with Gasteiger partial charge in [0.1, 0.15) is 5.78 Å². The number of nitrogens with zero attached hydrogens (tertiary/aromatic N) is 1. The minimum absolute atomic E-state index is 0.378. The summed E-state index contributed by atoms with van der Waals surface area (Å²) in [5.41, 5.74) is 1.30. The average Bonchev–Trinajstić information content (AvgIpc) is 2.30. The summed E-state index contributed by atoms with van der Waals surface area (Å²) in [6.45, 7) is 3.98. The van der Waals surface area contributed by atoms with Crippen LogP contribution in [0.5, 0.6) is 0 Å². The van der Waals surface area contributed by atoms with E-state index in [-0.39, 0.29) is 0 Å². The molecule has 0 bridgehead atoms. The van der Waals surface area contributed by atoms with Crippen molar-refractivity contribution < 1.29 is 4.79 Å². The maximum absolute atomic E-state index is 11.2. The molecular weight excluding hydrogens is 266 g/mol. The molecule has 0 N–H and O–H groups in total. The number of carbonyl (C=O) groups is 1. The zero-order valence-corrected chi connectivity index (χ0v) is 11.0. The van der Waals surface area contributed by atoms with Crippen LogP contribution in [0.2, 0.25) is 0 Å². The van der Waals surface area contributed by atoms with E-state index >= 15 is 0 Å². The molecular formula is C13H16BrNO. The van der Waals surface area contributed by atoms with Gasteiger partial charge in [-0.2, -0.15) is 0 Å². The fourth-order valence-electron chi connectivity index (χ4n) is 2.17. The maximum atomic E-state index is 11.2. The van der Waals surface area contributed by atoms with Crippen molar-refractivity contribution in [2.75, 3.05) is 13.1 Å². The minimum Gasteiger partial charge on any atom is -0.300 e. The lowest BCUT2D eigenvalue weighted by Crippen LogP contribution is -2.35. The second-order valence-electron chi connectivity index (χ2n) is 4.27. The molecule has 1 aliphatic heterocycles. The highest BCUT2D eigenvalue weighted by atomic mass is 79.9. The van der Waals surface area contributed by atoms with Crippen LogP contribution in [0, 0.1) is 0 Å². The molecule has 1 saturated heterocycles. The normalized spacial score (nSPS) is 19.8. The van der Waals surface area contributed by atoms with Crippen LogP contribution in [0.1, 0.15) is 31.4 Å². The Balaban J connectivity index is 2.10. The van der Waals surface area contributed by atoms with Crippen LogP contribution in [0.4, 0.5) is 0 Å². The van der Waals surface area contributed by atoms with Gasteiger partial charge in [0.25, 0.3) is 0 Å². The third-order valence-electron chi connectivity index (χ3n) is 3.26. The van der Waals surface area contributed by atoms with Gasteiger partial charge in [0, 0.05) is 36.4 Å². The molecule has 0 unspecified atom stereocenters. The number of rotatable bonds is 2. The molecule has 1 aliphatic rings. The molecule has 0 aliphatic carbocycles. The number of Topliss-reactive ketones (excluding diaryl/α,β-unsaturated/α-hetero) is 1. The molecule has 1 atom stereocenters. The molecule has 0 saturated carbocycles. The molecule has 2 rings (SSSR count). The topological polar surface area (TPSA) is 20.3 Å². The summed E-state index contributed by atoms with van der Waals surface area (Å²) >= 11 is 3.58. The van der Waals surface area contributed by atoms with Crippen molar-refractivity contribution in [3.8, 4) is 0 Å². The predicted molar refractivity (Wildman–Crippen MR) is 68.4 cm³/mol. The van der Waals surface area contributed by atoms with Crippen molar-refractivity contribution in [2.24, 2.45) is 0 Å². The van der Waals surface area contributed by atoms with Gasteiger partial charge in [0.2, 0.25) is 0 Å². The van der Waals surface area contributed by atoms with Crippen molar-refractivity contribution >= 4 is 21.7 Å². The van der Waals surface area contributed by atoms with Crippen molar-refractivity contribution in [3.05, 3.63) is 34.3 Å². The van der Waals surface area contributed by atoms with E-state index in [9.17, 15) is 4.79 Å². The SMILES string of the molecule is C[C@H](c1ccccc1Br)N1CCC(=O)CC1. The third-order valence-corrected chi connectivity index (χ3v) is 3.98. The number of hydrogen-bond acceptors (Lipinski definition) is 2. The lowest BCUT2D eigenvalue weighted by atomic mass is 10.0. The Morgan fingerprint density at radius 1 is 1.25 bits per heavy atom.